The fourth-order valence-corrected chi connectivity index (χ4v) is 3.09. The van der Waals surface area contributed by atoms with Gasteiger partial charge in [0.05, 0.1) is 5.75 Å². The smallest absolute Gasteiger partial charge is 0.303 e. The molecule has 5 nitrogen and oxygen atoms in total. The lowest BCUT2D eigenvalue weighted by Crippen LogP contribution is -2.29. The van der Waals surface area contributed by atoms with Crippen molar-refractivity contribution < 1.29 is 18.3 Å². The Hall–Kier alpha value is -1.40. The van der Waals surface area contributed by atoms with E-state index in [0.29, 0.717) is 12.5 Å². The first kappa shape index (κ1) is 17.7. The van der Waals surface area contributed by atoms with Crippen LogP contribution in [0.15, 0.2) is 24.3 Å². The van der Waals surface area contributed by atoms with Crippen molar-refractivity contribution in [2.45, 2.75) is 39.2 Å². The van der Waals surface area contributed by atoms with Crippen molar-refractivity contribution in [3.63, 3.8) is 0 Å². The lowest BCUT2D eigenvalue weighted by molar-refractivity contribution is -0.137. The number of benzene rings is 1. The largest absolute Gasteiger partial charge is 0.481 e. The molecule has 0 aromatic heterocycles. The predicted octanol–water partition coefficient (Wildman–Crippen LogP) is 2.44. The number of nitrogens with zero attached hydrogens (tertiary/aromatic N) is 1. The summed E-state index contributed by atoms with van der Waals surface area (Å²) in [5, 5.41) is 8.55. The van der Waals surface area contributed by atoms with Crippen LogP contribution in [0.5, 0.6) is 0 Å². The molecule has 1 aromatic carbocycles. The molecule has 0 fully saturated rings. The zero-order valence-electron chi connectivity index (χ0n) is 12.7. The second-order valence-electron chi connectivity index (χ2n) is 5.47. The van der Waals surface area contributed by atoms with Crippen LogP contribution in [0, 0.1) is 0 Å². The summed E-state index contributed by atoms with van der Waals surface area (Å²) in [6.45, 7) is 4.51. The molecule has 118 valence electrons. The zero-order chi connectivity index (χ0) is 16.0. The maximum atomic E-state index is 12.0. The Bertz CT molecular complexity index is 564. The lowest BCUT2D eigenvalue weighted by Gasteiger charge is -2.17. The Balaban J connectivity index is 2.62. The number of carbonyl (C=O) groups is 1. The summed E-state index contributed by atoms with van der Waals surface area (Å²) in [7, 11) is -1.89. The fourth-order valence-electron chi connectivity index (χ4n) is 1.93. The van der Waals surface area contributed by atoms with Gasteiger partial charge in [-0.1, -0.05) is 38.1 Å². The molecule has 1 rings (SSSR count). The summed E-state index contributed by atoms with van der Waals surface area (Å²) in [4.78, 5) is 10.4. The Kier molecular flexibility index (Phi) is 6.36. The van der Waals surface area contributed by atoms with Gasteiger partial charge in [0.1, 0.15) is 0 Å². The molecule has 0 radical (unpaired) electrons. The molecule has 0 aliphatic carbocycles. The van der Waals surface area contributed by atoms with E-state index >= 15 is 0 Å². The third-order valence-corrected chi connectivity index (χ3v) is 5.20. The molecule has 0 amide bonds. The van der Waals surface area contributed by atoms with Crippen molar-refractivity contribution in [1.29, 1.82) is 0 Å². The molecule has 0 atom stereocenters. The Morgan fingerprint density at radius 1 is 1.24 bits per heavy atom. The quantitative estimate of drug-likeness (QED) is 0.800. The predicted molar refractivity (Wildman–Crippen MR) is 82.7 cm³/mol. The highest BCUT2D eigenvalue weighted by Crippen LogP contribution is 2.16. The highest BCUT2D eigenvalue weighted by atomic mass is 32.2. The second kappa shape index (κ2) is 7.56. The Labute approximate surface area is 126 Å². The molecule has 0 bridgehead atoms. The number of aliphatic carboxylic acids is 1. The third-order valence-electron chi connectivity index (χ3n) is 3.32. The van der Waals surface area contributed by atoms with Gasteiger partial charge in [-0.3, -0.25) is 4.79 Å². The summed E-state index contributed by atoms with van der Waals surface area (Å²) in [6.07, 6.45) is 0.00441. The van der Waals surface area contributed by atoms with Crippen LogP contribution in [0.25, 0.3) is 0 Å². The summed E-state index contributed by atoms with van der Waals surface area (Å²) in [5.74, 6) is -0.673. The van der Waals surface area contributed by atoms with Crippen LogP contribution in [0.1, 0.15) is 43.7 Å². The van der Waals surface area contributed by atoms with Crippen LogP contribution in [0.2, 0.25) is 0 Å². The minimum atomic E-state index is -3.41. The van der Waals surface area contributed by atoms with Crippen molar-refractivity contribution in [2.75, 3.05) is 12.8 Å². The lowest BCUT2D eigenvalue weighted by atomic mass is 10.0. The van der Waals surface area contributed by atoms with Crippen molar-refractivity contribution in [3.8, 4) is 0 Å². The van der Waals surface area contributed by atoms with Gasteiger partial charge in [-0.25, -0.2) is 12.7 Å². The van der Waals surface area contributed by atoms with Gasteiger partial charge >= 0.3 is 5.97 Å². The number of rotatable bonds is 8. The Morgan fingerprint density at radius 2 is 1.81 bits per heavy atom. The van der Waals surface area contributed by atoms with Crippen LogP contribution in [0.4, 0.5) is 0 Å². The third kappa shape index (κ3) is 5.85. The highest BCUT2D eigenvalue weighted by Gasteiger charge is 2.18. The first-order chi connectivity index (χ1) is 9.72. The van der Waals surface area contributed by atoms with E-state index in [1.54, 1.807) is 0 Å². The molecular formula is C15H23NO4S. The molecule has 21 heavy (non-hydrogen) atoms. The summed E-state index contributed by atoms with van der Waals surface area (Å²) < 4.78 is 25.3. The standard InChI is InChI=1S/C15H23NO4S/c1-12(2)14-8-6-13(7-9-14)11-16(3)21(19,20)10-4-5-15(17)18/h6-9,12H,4-5,10-11H2,1-3H3,(H,17,18). The molecule has 0 aliphatic heterocycles. The average molecular weight is 313 g/mol. The molecule has 1 N–H and O–H groups in total. The normalized spacial score (nSPS) is 12.0. The van der Waals surface area contributed by atoms with Crippen molar-refractivity contribution in [3.05, 3.63) is 35.4 Å². The van der Waals surface area contributed by atoms with Gasteiger partial charge in [-0.15, -0.1) is 0 Å². The van der Waals surface area contributed by atoms with Crippen LogP contribution in [0.3, 0.4) is 0 Å². The van der Waals surface area contributed by atoms with E-state index in [1.807, 2.05) is 24.3 Å². The maximum absolute atomic E-state index is 12.0. The van der Waals surface area contributed by atoms with Crippen LogP contribution in [-0.2, 0) is 21.4 Å². The highest BCUT2D eigenvalue weighted by molar-refractivity contribution is 7.89. The van der Waals surface area contributed by atoms with E-state index in [-0.39, 0.29) is 18.6 Å². The minimum Gasteiger partial charge on any atom is -0.481 e. The Morgan fingerprint density at radius 3 is 2.29 bits per heavy atom. The van der Waals surface area contributed by atoms with Gasteiger partial charge in [-0.05, 0) is 23.5 Å². The SMILES string of the molecule is CC(C)c1ccc(CN(C)S(=O)(=O)CCCC(=O)O)cc1. The van der Waals surface area contributed by atoms with Crippen LogP contribution in [-0.4, -0.2) is 36.6 Å². The van der Waals surface area contributed by atoms with Gasteiger partial charge < -0.3 is 5.11 Å². The molecule has 1 aromatic rings. The molecule has 0 saturated heterocycles. The van der Waals surface area contributed by atoms with Crippen molar-refractivity contribution in [1.82, 2.24) is 4.31 Å². The van der Waals surface area contributed by atoms with Gasteiger partial charge in [0.15, 0.2) is 0 Å². The van der Waals surface area contributed by atoms with Crippen LogP contribution < -0.4 is 0 Å². The second-order valence-corrected chi connectivity index (χ2v) is 7.66. The van der Waals surface area contributed by atoms with Gasteiger partial charge in [0.25, 0.3) is 0 Å². The average Bonchev–Trinajstić information content (AvgIpc) is 2.38. The molecule has 0 saturated carbocycles. The molecule has 0 spiro atoms. The number of carboxylic acids is 1. The maximum Gasteiger partial charge on any atom is 0.303 e. The summed E-state index contributed by atoms with van der Waals surface area (Å²) >= 11 is 0. The minimum absolute atomic E-state index is 0.129. The summed E-state index contributed by atoms with van der Waals surface area (Å²) in [5.41, 5.74) is 2.13. The van der Waals surface area contributed by atoms with E-state index in [2.05, 4.69) is 13.8 Å². The molecular weight excluding hydrogens is 290 g/mol. The van der Waals surface area contributed by atoms with E-state index in [1.165, 1.54) is 16.9 Å². The molecule has 0 heterocycles. The van der Waals surface area contributed by atoms with E-state index in [9.17, 15) is 13.2 Å². The molecule has 6 heteroatoms. The topological polar surface area (TPSA) is 74.7 Å². The van der Waals surface area contributed by atoms with Crippen LogP contribution >= 0.6 is 0 Å². The number of carboxylic acid groups (broad SMARTS) is 1. The molecule has 0 unspecified atom stereocenters. The fraction of sp³-hybridized carbons (Fsp3) is 0.533. The zero-order valence-corrected chi connectivity index (χ0v) is 13.6. The number of sulfonamides is 1. The van der Waals surface area contributed by atoms with Crippen molar-refractivity contribution in [2.24, 2.45) is 0 Å². The first-order valence-corrected chi connectivity index (χ1v) is 8.58. The van der Waals surface area contributed by atoms with Gasteiger partial charge in [0.2, 0.25) is 10.0 Å². The first-order valence-electron chi connectivity index (χ1n) is 6.97. The number of hydrogen-bond acceptors (Lipinski definition) is 3. The van der Waals surface area contributed by atoms with Gasteiger partial charge in [0, 0.05) is 20.0 Å². The molecule has 0 aliphatic rings. The number of hydrogen-bond donors (Lipinski definition) is 1. The van der Waals surface area contributed by atoms with Gasteiger partial charge in [-0.2, -0.15) is 0 Å². The van der Waals surface area contributed by atoms with E-state index < -0.39 is 16.0 Å². The van der Waals surface area contributed by atoms with Crippen molar-refractivity contribution >= 4 is 16.0 Å². The monoisotopic (exact) mass is 313 g/mol. The summed E-state index contributed by atoms with van der Waals surface area (Å²) in [6, 6.07) is 7.87. The van der Waals surface area contributed by atoms with E-state index in [4.69, 9.17) is 5.11 Å². The van der Waals surface area contributed by atoms with E-state index in [0.717, 1.165) is 5.56 Å².